The van der Waals surface area contributed by atoms with Crippen LogP contribution in [0.1, 0.15) is 39.7 Å². The van der Waals surface area contributed by atoms with Crippen LogP contribution in [-0.2, 0) is 11.2 Å². The van der Waals surface area contributed by atoms with Gasteiger partial charge in [-0.2, -0.15) is 0 Å². The number of aryl methyl sites for hydroxylation is 1. The van der Waals surface area contributed by atoms with E-state index < -0.39 is 11.9 Å². The molecule has 2 aromatic rings. The highest BCUT2D eigenvalue weighted by atomic mass is 32.1. The van der Waals surface area contributed by atoms with Crippen molar-refractivity contribution in [1.82, 2.24) is 4.98 Å². The van der Waals surface area contributed by atoms with Gasteiger partial charge in [-0.1, -0.05) is 0 Å². The van der Waals surface area contributed by atoms with Gasteiger partial charge in [-0.3, -0.25) is 14.9 Å². The molecule has 6 nitrogen and oxygen atoms in total. The SMILES string of the molecule is O=C(Nc1nc2c(s1)CCCC2C(=O)O)c1ccoc1. The predicted octanol–water partition coefficient (Wildman–Crippen LogP) is 2.49. The molecule has 20 heavy (non-hydrogen) atoms. The number of furan rings is 1. The standard InChI is InChI=1S/C13H12N2O4S/c16-11(7-4-5-19-6-7)15-13-14-10-8(12(17)18)2-1-3-9(10)20-13/h4-6,8H,1-3H2,(H,17,18)(H,14,15,16). The summed E-state index contributed by atoms with van der Waals surface area (Å²) in [5.41, 5.74) is 1.00. The molecule has 0 aromatic carbocycles. The van der Waals surface area contributed by atoms with Crippen molar-refractivity contribution in [3.63, 3.8) is 0 Å². The van der Waals surface area contributed by atoms with Crippen molar-refractivity contribution in [2.45, 2.75) is 25.2 Å². The number of anilines is 1. The minimum atomic E-state index is -0.857. The molecule has 0 saturated heterocycles. The van der Waals surface area contributed by atoms with Crippen LogP contribution in [0.4, 0.5) is 5.13 Å². The molecule has 1 amide bonds. The van der Waals surface area contributed by atoms with Gasteiger partial charge in [0.05, 0.1) is 17.5 Å². The number of fused-ring (bicyclic) bond motifs is 1. The van der Waals surface area contributed by atoms with E-state index in [4.69, 9.17) is 4.42 Å². The topological polar surface area (TPSA) is 92.4 Å². The van der Waals surface area contributed by atoms with Crippen molar-refractivity contribution in [3.8, 4) is 0 Å². The molecule has 0 saturated carbocycles. The van der Waals surface area contributed by atoms with Gasteiger partial charge in [0, 0.05) is 4.88 Å². The lowest BCUT2D eigenvalue weighted by Gasteiger charge is -2.16. The summed E-state index contributed by atoms with van der Waals surface area (Å²) in [5.74, 6) is -1.73. The Kier molecular flexibility index (Phi) is 3.27. The maximum absolute atomic E-state index is 11.9. The van der Waals surface area contributed by atoms with E-state index >= 15 is 0 Å². The van der Waals surface area contributed by atoms with E-state index in [1.54, 1.807) is 6.07 Å². The fourth-order valence-electron chi connectivity index (χ4n) is 2.28. The van der Waals surface area contributed by atoms with Crippen LogP contribution in [0.25, 0.3) is 0 Å². The molecule has 104 valence electrons. The molecule has 0 bridgehead atoms. The molecular formula is C13H12N2O4S. The van der Waals surface area contributed by atoms with Gasteiger partial charge in [0.15, 0.2) is 5.13 Å². The molecule has 1 unspecified atom stereocenters. The number of aliphatic carboxylic acids is 1. The minimum Gasteiger partial charge on any atom is -0.481 e. The fraction of sp³-hybridized carbons (Fsp3) is 0.308. The van der Waals surface area contributed by atoms with E-state index in [1.807, 2.05) is 0 Å². The first-order valence-corrected chi connectivity index (χ1v) is 7.03. The van der Waals surface area contributed by atoms with Crippen molar-refractivity contribution in [2.75, 3.05) is 5.32 Å². The number of hydrogen-bond acceptors (Lipinski definition) is 5. The number of thiazole rings is 1. The van der Waals surface area contributed by atoms with Gasteiger partial charge in [0.1, 0.15) is 12.2 Å². The monoisotopic (exact) mass is 292 g/mol. The predicted molar refractivity (Wildman–Crippen MR) is 72.1 cm³/mol. The van der Waals surface area contributed by atoms with Gasteiger partial charge in [0.2, 0.25) is 0 Å². The summed E-state index contributed by atoms with van der Waals surface area (Å²) in [4.78, 5) is 28.3. The third-order valence-corrected chi connectivity index (χ3v) is 4.30. The molecule has 0 spiro atoms. The Labute approximate surface area is 118 Å². The number of carbonyl (C=O) groups is 2. The highest BCUT2D eigenvalue weighted by molar-refractivity contribution is 7.15. The Morgan fingerprint density at radius 2 is 2.35 bits per heavy atom. The minimum absolute atomic E-state index is 0.309. The number of rotatable bonds is 3. The molecular weight excluding hydrogens is 280 g/mol. The van der Waals surface area contributed by atoms with E-state index in [0.29, 0.717) is 22.8 Å². The zero-order valence-electron chi connectivity index (χ0n) is 10.5. The van der Waals surface area contributed by atoms with Crippen molar-refractivity contribution in [3.05, 3.63) is 34.7 Å². The lowest BCUT2D eigenvalue weighted by atomic mass is 9.91. The van der Waals surface area contributed by atoms with Crippen LogP contribution in [0.2, 0.25) is 0 Å². The van der Waals surface area contributed by atoms with E-state index in [1.165, 1.54) is 23.9 Å². The van der Waals surface area contributed by atoms with Crippen LogP contribution in [-0.4, -0.2) is 22.0 Å². The molecule has 3 rings (SSSR count). The summed E-state index contributed by atoms with van der Waals surface area (Å²) in [5, 5.41) is 12.3. The van der Waals surface area contributed by atoms with Gasteiger partial charge in [0.25, 0.3) is 5.91 Å². The number of amides is 1. The van der Waals surface area contributed by atoms with Crippen molar-refractivity contribution >= 4 is 28.3 Å². The molecule has 7 heteroatoms. The summed E-state index contributed by atoms with van der Waals surface area (Å²) >= 11 is 1.35. The number of aromatic nitrogens is 1. The third kappa shape index (κ3) is 2.32. The van der Waals surface area contributed by atoms with E-state index in [9.17, 15) is 14.7 Å². The summed E-state index contributed by atoms with van der Waals surface area (Å²) in [7, 11) is 0. The molecule has 0 aliphatic heterocycles. The molecule has 1 aliphatic rings. The average Bonchev–Trinajstić information content (AvgIpc) is 3.06. The second kappa shape index (κ2) is 5.09. The third-order valence-electron chi connectivity index (χ3n) is 3.26. The van der Waals surface area contributed by atoms with Crippen LogP contribution in [0, 0.1) is 0 Å². The molecule has 0 radical (unpaired) electrons. The molecule has 2 N–H and O–H groups in total. The first kappa shape index (κ1) is 12.9. The Hall–Kier alpha value is -2.15. The van der Waals surface area contributed by atoms with Crippen molar-refractivity contribution in [2.24, 2.45) is 0 Å². The van der Waals surface area contributed by atoms with Crippen LogP contribution in [0.15, 0.2) is 23.0 Å². The number of carboxylic acids is 1. The number of carboxylic acid groups (broad SMARTS) is 1. The Morgan fingerprint density at radius 1 is 1.50 bits per heavy atom. The molecule has 1 atom stereocenters. The quantitative estimate of drug-likeness (QED) is 0.906. The number of nitrogens with one attached hydrogen (secondary N) is 1. The van der Waals surface area contributed by atoms with Crippen LogP contribution < -0.4 is 5.32 Å². The van der Waals surface area contributed by atoms with E-state index in [2.05, 4.69) is 10.3 Å². The van der Waals surface area contributed by atoms with E-state index in [0.717, 1.165) is 17.7 Å². The number of nitrogens with zero attached hydrogens (tertiary/aromatic N) is 1. The summed E-state index contributed by atoms with van der Waals surface area (Å²) in [6.45, 7) is 0. The number of hydrogen-bond donors (Lipinski definition) is 2. The molecule has 2 heterocycles. The van der Waals surface area contributed by atoms with Crippen molar-refractivity contribution < 1.29 is 19.1 Å². The largest absolute Gasteiger partial charge is 0.481 e. The summed E-state index contributed by atoms with van der Waals surface area (Å²) < 4.78 is 4.85. The molecule has 2 aromatic heterocycles. The maximum Gasteiger partial charge on any atom is 0.312 e. The van der Waals surface area contributed by atoms with E-state index in [-0.39, 0.29) is 5.91 Å². The second-order valence-electron chi connectivity index (χ2n) is 4.58. The average molecular weight is 292 g/mol. The first-order valence-electron chi connectivity index (χ1n) is 6.21. The lowest BCUT2D eigenvalue weighted by molar-refractivity contribution is -0.139. The normalized spacial score (nSPS) is 17.5. The highest BCUT2D eigenvalue weighted by Gasteiger charge is 2.30. The van der Waals surface area contributed by atoms with Crippen LogP contribution in [0.5, 0.6) is 0 Å². The highest BCUT2D eigenvalue weighted by Crippen LogP contribution is 2.36. The maximum atomic E-state index is 11.9. The zero-order valence-corrected chi connectivity index (χ0v) is 11.3. The Balaban J connectivity index is 1.82. The smallest absolute Gasteiger partial charge is 0.312 e. The summed E-state index contributed by atoms with van der Waals surface area (Å²) in [6, 6.07) is 1.56. The van der Waals surface area contributed by atoms with Gasteiger partial charge >= 0.3 is 5.97 Å². The van der Waals surface area contributed by atoms with Gasteiger partial charge in [-0.25, -0.2) is 4.98 Å². The van der Waals surface area contributed by atoms with Crippen LogP contribution in [0.3, 0.4) is 0 Å². The van der Waals surface area contributed by atoms with Gasteiger partial charge in [-0.05, 0) is 25.3 Å². The number of carbonyl (C=O) groups excluding carboxylic acids is 1. The van der Waals surface area contributed by atoms with Crippen molar-refractivity contribution in [1.29, 1.82) is 0 Å². The summed E-state index contributed by atoms with van der Waals surface area (Å²) in [6.07, 6.45) is 5.02. The Morgan fingerprint density at radius 3 is 3.05 bits per heavy atom. The van der Waals surface area contributed by atoms with Crippen LogP contribution >= 0.6 is 11.3 Å². The molecule has 1 aliphatic carbocycles. The molecule has 0 fully saturated rings. The first-order chi connectivity index (χ1) is 9.65. The lowest BCUT2D eigenvalue weighted by Crippen LogP contribution is -2.17. The zero-order chi connectivity index (χ0) is 14.1. The van der Waals surface area contributed by atoms with Gasteiger partial charge < -0.3 is 9.52 Å². The second-order valence-corrected chi connectivity index (χ2v) is 5.66. The Bertz CT molecular complexity index is 647. The van der Waals surface area contributed by atoms with Gasteiger partial charge in [-0.15, -0.1) is 11.3 Å². The fourth-order valence-corrected chi connectivity index (χ4v) is 3.34.